The summed E-state index contributed by atoms with van der Waals surface area (Å²) < 4.78 is 5.15. The normalized spacial score (nSPS) is 12.8. The quantitative estimate of drug-likeness (QED) is 0.191. The van der Waals surface area contributed by atoms with Crippen LogP contribution >= 0.6 is 54.5 Å². The van der Waals surface area contributed by atoms with Gasteiger partial charge in [0.25, 0.3) is 0 Å². The fraction of sp³-hybridized carbons (Fsp3) is 0.231. The largest absolute Gasteiger partial charge is 1.00 e. The second-order valence-electron chi connectivity index (χ2n) is 8.21. The van der Waals surface area contributed by atoms with Gasteiger partial charge < -0.3 is 24.8 Å². The van der Waals surface area contributed by atoms with Crippen LogP contribution < -0.4 is 24.8 Å². The van der Waals surface area contributed by atoms with Crippen molar-refractivity contribution in [2.45, 2.75) is 39.8 Å². The maximum Gasteiger partial charge on any atom is -1.00 e. The smallest absolute Gasteiger partial charge is 1.00 e. The summed E-state index contributed by atoms with van der Waals surface area (Å²) >= 11 is 12.7. The molecule has 0 amide bonds. The summed E-state index contributed by atoms with van der Waals surface area (Å²) in [6.07, 6.45) is 8.99. The fourth-order valence-electron chi connectivity index (χ4n) is 3.88. The van der Waals surface area contributed by atoms with Crippen molar-refractivity contribution in [1.29, 1.82) is 0 Å². The van der Waals surface area contributed by atoms with Crippen LogP contribution in [0.15, 0.2) is 56.5 Å². The number of thiophene rings is 2. The summed E-state index contributed by atoms with van der Waals surface area (Å²) in [5, 5.41) is 2.77. The summed E-state index contributed by atoms with van der Waals surface area (Å²) in [4.78, 5) is 2.65. The van der Waals surface area contributed by atoms with Crippen LogP contribution in [0.1, 0.15) is 34.7 Å². The van der Waals surface area contributed by atoms with Crippen molar-refractivity contribution < 1.29 is 48.1 Å². The first-order valence-corrected chi connectivity index (χ1v) is 19.8. The zero-order valence-corrected chi connectivity index (χ0v) is 29.0. The van der Waals surface area contributed by atoms with E-state index in [2.05, 4.69) is 107 Å². The predicted molar refractivity (Wildman–Crippen MR) is 147 cm³/mol. The molecule has 0 unspecified atom stereocenters. The number of rotatable bonds is 0. The molecule has 2 aromatic carbocycles. The molecule has 0 N–H and O–H groups in total. The van der Waals surface area contributed by atoms with E-state index in [0.29, 0.717) is 0 Å². The van der Waals surface area contributed by atoms with Crippen molar-refractivity contribution in [3.05, 3.63) is 89.5 Å². The molecule has 2 heterocycles. The van der Waals surface area contributed by atoms with Crippen molar-refractivity contribution >= 4 is 80.1 Å². The Labute approximate surface area is 254 Å². The van der Waals surface area contributed by atoms with Gasteiger partial charge in [0.2, 0.25) is 0 Å². The SMILES string of the molecule is CC1=[C-]c2sc3cccc(Br)c3c2C1.CC1=[C-]c2sc3cccc(Br)c3c2C1.C[Si](C)=[Zr+2].[Cl-].[Cl-]. The molecule has 0 saturated heterocycles. The van der Waals surface area contributed by atoms with Crippen LogP contribution in [0.5, 0.6) is 0 Å². The van der Waals surface area contributed by atoms with Crippen LogP contribution in [0.2, 0.25) is 13.1 Å². The molecule has 0 bridgehead atoms. The molecule has 0 spiro atoms. The molecule has 0 saturated carbocycles. The van der Waals surface area contributed by atoms with Gasteiger partial charge in [-0.05, 0) is 24.3 Å². The summed E-state index contributed by atoms with van der Waals surface area (Å²) in [5.41, 5.74) is 5.82. The molecule has 0 radical (unpaired) electrons. The Morgan fingerprint density at radius 2 is 1.12 bits per heavy atom. The van der Waals surface area contributed by atoms with Crippen molar-refractivity contribution in [3.63, 3.8) is 0 Å². The predicted octanol–water partition coefficient (Wildman–Crippen LogP) is 3.43. The third kappa shape index (κ3) is 6.86. The van der Waals surface area contributed by atoms with Gasteiger partial charge in [-0.15, -0.1) is 9.75 Å². The fourth-order valence-corrected chi connectivity index (χ4v) is 7.80. The van der Waals surface area contributed by atoms with E-state index in [1.54, 1.807) is 23.3 Å². The van der Waals surface area contributed by atoms with Crippen molar-refractivity contribution in [2.75, 3.05) is 0 Å². The van der Waals surface area contributed by atoms with Crippen LogP contribution in [-0.2, 0) is 36.2 Å². The molecule has 2 aliphatic carbocycles. The molecule has 0 aliphatic heterocycles. The van der Waals surface area contributed by atoms with Gasteiger partial charge >= 0.3 is 41.9 Å². The van der Waals surface area contributed by atoms with E-state index < -0.39 is 0 Å². The molecule has 0 atom stereocenters. The minimum atomic E-state index is 0. The van der Waals surface area contributed by atoms with E-state index in [0.717, 1.165) is 12.8 Å². The van der Waals surface area contributed by atoms with Crippen molar-refractivity contribution in [3.8, 4) is 0 Å². The van der Waals surface area contributed by atoms with Crippen LogP contribution in [0.3, 0.4) is 0 Å². The van der Waals surface area contributed by atoms with Gasteiger partial charge in [0.1, 0.15) is 0 Å². The molecule has 2 aliphatic rings. The number of benzene rings is 2. The van der Waals surface area contributed by atoms with E-state index >= 15 is 0 Å². The summed E-state index contributed by atoms with van der Waals surface area (Å²) in [6, 6.07) is 12.8. The van der Waals surface area contributed by atoms with Gasteiger partial charge in [-0.1, -0.05) is 81.5 Å². The summed E-state index contributed by atoms with van der Waals surface area (Å²) in [7, 11) is 0. The monoisotopic (exact) mass is 744 g/mol. The molecule has 0 nitrogen and oxygen atoms in total. The maximum absolute atomic E-state index is 3.62. The molecule has 6 rings (SSSR count). The molecular formula is C26H22Br2Cl2S2SiZr-2. The molecule has 34 heavy (non-hydrogen) atoms. The third-order valence-corrected chi connectivity index (χ3v) is 8.61. The first-order valence-electron chi connectivity index (χ1n) is 10.3. The Bertz CT molecular complexity index is 1310. The molecule has 0 fully saturated rings. The Hall–Kier alpha value is 0.480. The minimum Gasteiger partial charge on any atom is -1.00 e. The summed E-state index contributed by atoms with van der Waals surface area (Å²) in [6.45, 7) is 8.91. The molecular weight excluding hydrogens is 726 g/mol. The van der Waals surface area contributed by atoms with E-state index in [1.807, 2.05) is 22.7 Å². The number of halogens is 4. The molecule has 176 valence electrons. The van der Waals surface area contributed by atoms with E-state index in [4.69, 9.17) is 0 Å². The topological polar surface area (TPSA) is 0 Å². The van der Waals surface area contributed by atoms with Crippen LogP contribution in [0, 0.1) is 12.2 Å². The maximum atomic E-state index is 3.62. The summed E-state index contributed by atoms with van der Waals surface area (Å²) in [5.74, 6) is 0. The van der Waals surface area contributed by atoms with Gasteiger partial charge in [-0.3, -0.25) is 0 Å². The van der Waals surface area contributed by atoms with E-state index in [9.17, 15) is 0 Å². The first kappa shape index (κ1) is 30.7. The standard InChI is InChI=1S/2C12H8BrS.C2H6Si.2ClH.Zr/c2*1-7-5-8-11(6-7)14-10-4-2-3-9(13)12(8)10;1-3-2;;;/h2*2-4H,5H2,1H3;1-2H3;2*1H;/q2*-1;;;;+2/p-2. The van der Waals surface area contributed by atoms with Gasteiger partial charge in [0, 0.05) is 18.3 Å². The molecule has 2 aromatic heterocycles. The van der Waals surface area contributed by atoms with Crippen molar-refractivity contribution in [2.24, 2.45) is 0 Å². The third-order valence-electron chi connectivity index (χ3n) is 5.06. The number of hydrogen-bond acceptors (Lipinski definition) is 2. The van der Waals surface area contributed by atoms with Gasteiger partial charge in [-0.25, -0.2) is 12.2 Å². The Morgan fingerprint density at radius 1 is 0.765 bits per heavy atom. The Morgan fingerprint density at radius 3 is 1.47 bits per heavy atom. The van der Waals surface area contributed by atoms with Gasteiger partial charge in [-0.2, -0.15) is 44.9 Å². The average Bonchev–Trinajstić information content (AvgIpc) is 3.40. The zero-order chi connectivity index (χ0) is 23.0. The second-order valence-corrected chi connectivity index (χ2v) is 21.4. The van der Waals surface area contributed by atoms with Crippen LogP contribution in [0.25, 0.3) is 20.2 Å². The number of allylic oxidation sites excluding steroid dienone is 2. The average molecular weight is 749 g/mol. The van der Waals surface area contributed by atoms with Gasteiger partial charge in [0.15, 0.2) is 0 Å². The Kier molecular flexibility index (Phi) is 12.0. The van der Waals surface area contributed by atoms with E-state index in [1.165, 1.54) is 61.1 Å². The van der Waals surface area contributed by atoms with Crippen molar-refractivity contribution in [1.82, 2.24) is 0 Å². The molecule has 4 aromatic rings. The van der Waals surface area contributed by atoms with Gasteiger partial charge in [0.05, 0.1) is 0 Å². The second kappa shape index (κ2) is 13.3. The zero-order valence-electron chi connectivity index (χ0n) is 19.2. The number of hydrogen-bond donors (Lipinski definition) is 0. The Balaban J connectivity index is 0.000000198. The number of fused-ring (bicyclic) bond motifs is 6. The van der Waals surface area contributed by atoms with E-state index in [-0.39, 0.29) is 30.2 Å². The molecule has 8 heteroatoms. The minimum absolute atomic E-state index is 0. The van der Waals surface area contributed by atoms with Crippen LogP contribution in [-0.4, -0.2) is 5.43 Å². The first-order chi connectivity index (χ1) is 15.2. The van der Waals surface area contributed by atoms with Crippen LogP contribution in [0.4, 0.5) is 0 Å².